The molecule has 0 atom stereocenters. The van der Waals surface area contributed by atoms with Crippen LogP contribution in [0.1, 0.15) is 5.56 Å². The highest BCUT2D eigenvalue weighted by atomic mass is 127. The van der Waals surface area contributed by atoms with Crippen molar-refractivity contribution in [2.24, 2.45) is 0 Å². The summed E-state index contributed by atoms with van der Waals surface area (Å²) < 4.78 is 6.02. The Balaban J connectivity index is 2.43. The molecule has 0 unspecified atom stereocenters. The van der Waals surface area contributed by atoms with Crippen molar-refractivity contribution in [2.75, 3.05) is 0 Å². The van der Waals surface area contributed by atoms with E-state index in [1.54, 1.807) is 0 Å². The van der Waals surface area contributed by atoms with Crippen molar-refractivity contribution in [3.05, 3.63) is 50.0 Å². The van der Waals surface area contributed by atoms with E-state index in [2.05, 4.69) is 9.97 Å². The smallest absolute Gasteiger partial charge is 0.312 e. The molecule has 0 aliphatic carbocycles. The van der Waals surface area contributed by atoms with Crippen LogP contribution in [0.2, 0.25) is 0 Å². The lowest BCUT2D eigenvalue weighted by Gasteiger charge is -2.06. The third-order valence-corrected chi connectivity index (χ3v) is 2.87. The second-order valence-electron chi connectivity index (χ2n) is 3.33. The molecule has 0 spiro atoms. The van der Waals surface area contributed by atoms with Crippen LogP contribution < -0.4 is 4.74 Å². The van der Waals surface area contributed by atoms with Gasteiger partial charge in [-0.05, 0) is 34.7 Å². The SMILES string of the molecule is N#Cc1ccc(Oc2ncncc2I)c([N+](=O)[O-])c1. The molecule has 2 aromatic rings. The van der Waals surface area contributed by atoms with Gasteiger partial charge in [0.1, 0.15) is 6.33 Å². The first-order valence-corrected chi connectivity index (χ1v) is 6.01. The summed E-state index contributed by atoms with van der Waals surface area (Å²) in [6.07, 6.45) is 2.81. The minimum atomic E-state index is -0.607. The molecule has 1 aromatic heterocycles. The third kappa shape index (κ3) is 2.94. The van der Waals surface area contributed by atoms with Crippen molar-refractivity contribution in [3.8, 4) is 17.7 Å². The maximum Gasteiger partial charge on any atom is 0.312 e. The standard InChI is InChI=1S/C11H5IN4O3/c12-8-5-14-6-15-11(8)19-10-2-1-7(4-13)3-9(10)16(17)18/h1-3,5-6H. The first-order valence-electron chi connectivity index (χ1n) is 4.93. The molecule has 94 valence electrons. The molecule has 19 heavy (non-hydrogen) atoms. The first kappa shape index (κ1) is 13.2. The topological polar surface area (TPSA) is 102 Å². The summed E-state index contributed by atoms with van der Waals surface area (Å²) in [6, 6.07) is 5.80. The van der Waals surface area contributed by atoms with Crippen molar-refractivity contribution in [1.29, 1.82) is 5.26 Å². The van der Waals surface area contributed by atoms with Gasteiger partial charge in [-0.15, -0.1) is 0 Å². The van der Waals surface area contributed by atoms with Crippen LogP contribution in [0.15, 0.2) is 30.7 Å². The van der Waals surface area contributed by atoms with E-state index in [0.29, 0.717) is 3.57 Å². The van der Waals surface area contributed by atoms with Crippen LogP contribution in [-0.2, 0) is 0 Å². The average Bonchev–Trinajstić information content (AvgIpc) is 2.41. The van der Waals surface area contributed by atoms with Gasteiger partial charge >= 0.3 is 5.69 Å². The highest BCUT2D eigenvalue weighted by molar-refractivity contribution is 14.1. The Morgan fingerprint density at radius 3 is 2.89 bits per heavy atom. The van der Waals surface area contributed by atoms with Gasteiger partial charge in [0.15, 0.2) is 0 Å². The third-order valence-electron chi connectivity index (χ3n) is 2.13. The Kier molecular flexibility index (Phi) is 3.86. The van der Waals surface area contributed by atoms with Gasteiger partial charge in [0.05, 0.1) is 20.1 Å². The molecule has 7 nitrogen and oxygen atoms in total. The number of halogens is 1. The van der Waals surface area contributed by atoms with Crippen LogP contribution in [0.4, 0.5) is 5.69 Å². The average molecular weight is 368 g/mol. The number of hydrogen-bond donors (Lipinski definition) is 0. The van der Waals surface area contributed by atoms with Crippen LogP contribution in [-0.4, -0.2) is 14.9 Å². The van der Waals surface area contributed by atoms with Crippen molar-refractivity contribution >= 4 is 28.3 Å². The Morgan fingerprint density at radius 2 is 2.26 bits per heavy atom. The normalized spacial score (nSPS) is 9.68. The van der Waals surface area contributed by atoms with Crippen LogP contribution in [0.3, 0.4) is 0 Å². The van der Waals surface area contributed by atoms with Crippen LogP contribution in [0, 0.1) is 25.0 Å². The predicted octanol–water partition coefficient (Wildman–Crippen LogP) is 2.65. The molecular weight excluding hydrogens is 363 g/mol. The van der Waals surface area contributed by atoms with Crippen LogP contribution in [0.25, 0.3) is 0 Å². The molecule has 0 amide bonds. The Morgan fingerprint density at radius 1 is 1.47 bits per heavy atom. The zero-order valence-corrected chi connectivity index (χ0v) is 11.4. The summed E-state index contributed by atoms with van der Waals surface area (Å²) in [5.74, 6) is 0.254. The largest absolute Gasteiger partial charge is 0.431 e. The highest BCUT2D eigenvalue weighted by Crippen LogP contribution is 2.32. The number of nitro groups is 1. The molecule has 0 saturated carbocycles. The van der Waals surface area contributed by atoms with E-state index >= 15 is 0 Å². The van der Waals surface area contributed by atoms with Gasteiger partial charge in [0, 0.05) is 12.3 Å². The van der Waals surface area contributed by atoms with Gasteiger partial charge in [0.25, 0.3) is 0 Å². The summed E-state index contributed by atoms with van der Waals surface area (Å²) >= 11 is 1.96. The summed E-state index contributed by atoms with van der Waals surface area (Å²) in [6.45, 7) is 0. The van der Waals surface area contributed by atoms with E-state index in [-0.39, 0.29) is 22.9 Å². The van der Waals surface area contributed by atoms with E-state index in [1.165, 1.54) is 24.7 Å². The summed E-state index contributed by atoms with van der Waals surface area (Å²) in [7, 11) is 0. The summed E-state index contributed by atoms with van der Waals surface area (Å²) in [5.41, 5.74) is -0.0927. The zero-order valence-electron chi connectivity index (χ0n) is 9.28. The molecule has 0 radical (unpaired) electrons. The molecule has 1 heterocycles. The van der Waals surface area contributed by atoms with Gasteiger partial charge in [-0.2, -0.15) is 5.26 Å². The Hall–Kier alpha value is -2.28. The number of nitriles is 1. The molecule has 0 fully saturated rings. The highest BCUT2D eigenvalue weighted by Gasteiger charge is 2.18. The maximum atomic E-state index is 10.9. The van der Waals surface area contributed by atoms with E-state index in [4.69, 9.17) is 10.00 Å². The van der Waals surface area contributed by atoms with Crippen molar-refractivity contribution in [1.82, 2.24) is 9.97 Å². The number of aromatic nitrogens is 2. The number of rotatable bonds is 3. The van der Waals surface area contributed by atoms with Crippen molar-refractivity contribution in [2.45, 2.75) is 0 Å². The molecule has 2 rings (SSSR count). The number of nitro benzene ring substituents is 1. The Labute approximate surface area is 121 Å². The number of hydrogen-bond acceptors (Lipinski definition) is 6. The van der Waals surface area contributed by atoms with E-state index in [9.17, 15) is 10.1 Å². The van der Waals surface area contributed by atoms with Gasteiger partial charge in [-0.25, -0.2) is 9.97 Å². The fourth-order valence-corrected chi connectivity index (χ4v) is 1.71. The minimum Gasteiger partial charge on any atom is -0.431 e. The fraction of sp³-hybridized carbons (Fsp3) is 0. The number of ether oxygens (including phenoxy) is 1. The van der Waals surface area contributed by atoms with Gasteiger partial charge < -0.3 is 4.74 Å². The van der Waals surface area contributed by atoms with E-state index in [1.807, 2.05) is 28.7 Å². The summed E-state index contributed by atoms with van der Waals surface area (Å²) in [5, 5.41) is 19.7. The van der Waals surface area contributed by atoms with Gasteiger partial charge in [-0.3, -0.25) is 10.1 Å². The molecule has 8 heteroatoms. The lowest BCUT2D eigenvalue weighted by atomic mass is 10.2. The van der Waals surface area contributed by atoms with E-state index in [0.717, 1.165) is 6.07 Å². The predicted molar refractivity (Wildman–Crippen MR) is 72.6 cm³/mol. The van der Waals surface area contributed by atoms with Gasteiger partial charge in [0.2, 0.25) is 11.6 Å². The van der Waals surface area contributed by atoms with Crippen molar-refractivity contribution in [3.63, 3.8) is 0 Å². The maximum absolute atomic E-state index is 10.9. The molecule has 0 aliphatic heterocycles. The lowest BCUT2D eigenvalue weighted by molar-refractivity contribution is -0.385. The molecule has 0 N–H and O–H groups in total. The number of benzene rings is 1. The molecule has 1 aromatic carbocycles. The van der Waals surface area contributed by atoms with Crippen molar-refractivity contribution < 1.29 is 9.66 Å². The van der Waals surface area contributed by atoms with Crippen LogP contribution in [0.5, 0.6) is 11.6 Å². The molecule has 0 aliphatic rings. The second-order valence-corrected chi connectivity index (χ2v) is 4.49. The first-order chi connectivity index (χ1) is 9.11. The zero-order chi connectivity index (χ0) is 13.8. The molecular formula is C11H5IN4O3. The van der Waals surface area contributed by atoms with E-state index < -0.39 is 4.92 Å². The molecule has 0 saturated heterocycles. The quantitative estimate of drug-likeness (QED) is 0.469. The van der Waals surface area contributed by atoms with Crippen LogP contribution >= 0.6 is 22.6 Å². The monoisotopic (exact) mass is 368 g/mol. The second kappa shape index (κ2) is 5.57. The minimum absolute atomic E-state index is 0.0283. The number of nitrogens with zero attached hydrogens (tertiary/aromatic N) is 4. The Bertz CT molecular complexity index is 684. The lowest BCUT2D eigenvalue weighted by Crippen LogP contribution is -1.97. The fourth-order valence-electron chi connectivity index (χ4n) is 1.30. The van der Waals surface area contributed by atoms with Gasteiger partial charge in [-0.1, -0.05) is 0 Å². The molecule has 0 bridgehead atoms. The summed E-state index contributed by atoms with van der Waals surface area (Å²) in [4.78, 5) is 18.0.